The van der Waals surface area contributed by atoms with E-state index in [0.29, 0.717) is 42.8 Å². The molecular formula is C36H40Br4N8O6S2. The number of hydrogen-bond donors (Lipinski definition) is 4. The molecule has 300 valence electrons. The zero-order chi connectivity index (χ0) is 41.4. The molecule has 0 aliphatic carbocycles. The van der Waals surface area contributed by atoms with E-state index in [-0.39, 0.29) is 53.3 Å². The van der Waals surface area contributed by atoms with Crippen LogP contribution < -0.4 is 20.1 Å². The fourth-order valence-electron chi connectivity index (χ4n) is 5.95. The number of nitrogens with zero attached hydrogens (tertiary/aromatic N) is 4. The third-order valence-corrected chi connectivity index (χ3v) is 14.8. The number of carbonyl (C=O) groups excluding carboxylic acids is 2. The van der Waals surface area contributed by atoms with Gasteiger partial charge in [0.1, 0.15) is 0 Å². The maximum atomic E-state index is 12.8. The van der Waals surface area contributed by atoms with Crippen LogP contribution >= 0.6 is 63.7 Å². The van der Waals surface area contributed by atoms with E-state index in [0.717, 1.165) is 0 Å². The van der Waals surface area contributed by atoms with E-state index in [4.69, 9.17) is 0 Å². The van der Waals surface area contributed by atoms with Crippen molar-refractivity contribution in [1.82, 2.24) is 29.9 Å². The van der Waals surface area contributed by atoms with Crippen molar-refractivity contribution in [3.8, 4) is 12.4 Å². The van der Waals surface area contributed by atoms with Gasteiger partial charge in [0.2, 0.25) is 26.0 Å². The zero-order valence-electron chi connectivity index (χ0n) is 30.5. The summed E-state index contributed by atoms with van der Waals surface area (Å²) in [4.78, 5) is 27.5. The lowest BCUT2D eigenvalue weighted by atomic mass is 9.95. The molecule has 0 unspecified atom stereocenters. The molecule has 20 heteroatoms. The molecule has 2 aliphatic heterocycles. The second-order valence-electron chi connectivity index (χ2n) is 14.1. The Bertz CT molecular complexity index is 2210. The minimum absolute atomic E-state index is 0.109. The highest BCUT2D eigenvalue weighted by Crippen LogP contribution is 2.29. The number of carbonyl (C=O) groups is 2. The third kappa shape index (κ3) is 12.5. The normalized spacial score (nSPS) is 19.7. The molecule has 2 fully saturated rings. The summed E-state index contributed by atoms with van der Waals surface area (Å²) < 4.78 is 58.6. The summed E-state index contributed by atoms with van der Waals surface area (Å²) in [7, 11) is -7.53. The minimum atomic E-state index is -3.78. The average Bonchev–Trinajstić information content (AvgIpc) is 3.73. The van der Waals surface area contributed by atoms with Crippen molar-refractivity contribution in [3.05, 3.63) is 90.2 Å². The fourth-order valence-corrected chi connectivity index (χ4v) is 11.4. The Labute approximate surface area is 361 Å². The fraction of sp³-hybridized carbons (Fsp3) is 0.389. The molecule has 2 amide bonds. The molecule has 0 spiro atoms. The SMILES string of the molecule is CC(C)(C)C(=O)NC[C@H]1C[C@@H](NS(=O)(=O)c2cc(Br)ccc2Br)CN1C#N.N#CN1C[C@H](NS(=O)(=O)c2cc(Br)ccc2Br)C[C@@H]1CNC(=O)c1ccccc1. The van der Waals surface area contributed by atoms with Crippen molar-refractivity contribution in [2.45, 2.75) is 67.6 Å². The number of benzene rings is 3. The molecule has 4 N–H and O–H groups in total. The number of sulfonamides is 2. The molecule has 0 aromatic heterocycles. The van der Waals surface area contributed by atoms with E-state index >= 15 is 0 Å². The Balaban J connectivity index is 0.000000249. The van der Waals surface area contributed by atoms with Crippen LogP contribution in [-0.2, 0) is 24.8 Å². The van der Waals surface area contributed by atoms with Crippen molar-refractivity contribution in [2.75, 3.05) is 26.2 Å². The molecule has 3 aromatic rings. The number of nitriles is 2. The van der Waals surface area contributed by atoms with E-state index < -0.39 is 37.5 Å². The number of rotatable bonds is 11. The first-order chi connectivity index (χ1) is 26.2. The topological polar surface area (TPSA) is 205 Å². The lowest BCUT2D eigenvalue weighted by Gasteiger charge is -2.22. The van der Waals surface area contributed by atoms with Gasteiger partial charge in [0.25, 0.3) is 5.91 Å². The molecule has 3 aromatic carbocycles. The predicted octanol–water partition coefficient (Wildman–Crippen LogP) is 5.42. The summed E-state index contributed by atoms with van der Waals surface area (Å²) in [5, 5.41) is 24.4. The molecule has 0 saturated carbocycles. The quantitative estimate of drug-likeness (QED) is 0.180. The Morgan fingerprint density at radius 3 is 1.55 bits per heavy atom. The number of halogens is 4. The van der Waals surface area contributed by atoms with Crippen LogP contribution in [0.4, 0.5) is 0 Å². The van der Waals surface area contributed by atoms with E-state index in [9.17, 15) is 36.9 Å². The molecular weight excluding hydrogens is 1020 g/mol. The Morgan fingerprint density at radius 2 is 1.14 bits per heavy atom. The van der Waals surface area contributed by atoms with Crippen LogP contribution in [0.2, 0.25) is 0 Å². The zero-order valence-corrected chi connectivity index (χ0v) is 38.4. The maximum absolute atomic E-state index is 12.8. The summed E-state index contributed by atoms with van der Waals surface area (Å²) in [6.45, 7) is 6.48. The summed E-state index contributed by atoms with van der Waals surface area (Å²) in [5.74, 6) is -0.340. The van der Waals surface area contributed by atoms with Crippen LogP contribution in [0.15, 0.2) is 94.4 Å². The van der Waals surface area contributed by atoms with Crippen molar-refractivity contribution in [1.29, 1.82) is 10.5 Å². The molecule has 4 atom stereocenters. The highest BCUT2D eigenvalue weighted by atomic mass is 79.9. The van der Waals surface area contributed by atoms with E-state index in [1.807, 2.05) is 26.8 Å². The van der Waals surface area contributed by atoms with E-state index in [2.05, 4.69) is 96.2 Å². The second-order valence-corrected chi connectivity index (χ2v) is 21.0. The van der Waals surface area contributed by atoms with Gasteiger partial charge in [-0.05, 0) is 93.2 Å². The van der Waals surface area contributed by atoms with Crippen LogP contribution in [0, 0.1) is 28.3 Å². The smallest absolute Gasteiger partial charge is 0.251 e. The average molecular weight is 1060 g/mol. The molecule has 5 rings (SSSR count). The van der Waals surface area contributed by atoms with Crippen LogP contribution in [0.3, 0.4) is 0 Å². The molecule has 2 saturated heterocycles. The van der Waals surface area contributed by atoms with Gasteiger partial charge in [-0.1, -0.05) is 70.8 Å². The van der Waals surface area contributed by atoms with Gasteiger partial charge in [0, 0.05) is 67.1 Å². The number of hydrogen-bond acceptors (Lipinski definition) is 10. The van der Waals surface area contributed by atoms with Crippen molar-refractivity contribution in [2.24, 2.45) is 5.41 Å². The van der Waals surface area contributed by atoms with Gasteiger partial charge in [-0.15, -0.1) is 0 Å². The summed E-state index contributed by atoms with van der Waals surface area (Å²) in [6.07, 6.45) is 5.01. The van der Waals surface area contributed by atoms with E-state index in [1.165, 1.54) is 21.9 Å². The number of nitrogens with one attached hydrogen (secondary N) is 4. The Kier molecular flexibility index (Phi) is 15.9. The predicted molar refractivity (Wildman–Crippen MR) is 225 cm³/mol. The number of likely N-dealkylation sites (tertiary alicyclic amines) is 2. The largest absolute Gasteiger partial charge is 0.354 e. The molecule has 2 heterocycles. The van der Waals surface area contributed by atoms with Crippen molar-refractivity contribution >= 4 is 95.6 Å². The number of amides is 2. The van der Waals surface area contributed by atoms with Crippen molar-refractivity contribution in [3.63, 3.8) is 0 Å². The first-order valence-corrected chi connectivity index (χ1v) is 23.3. The van der Waals surface area contributed by atoms with Gasteiger partial charge in [-0.25, -0.2) is 26.3 Å². The first-order valence-electron chi connectivity index (χ1n) is 17.1. The second kappa shape index (κ2) is 19.6. The van der Waals surface area contributed by atoms with Gasteiger partial charge >= 0.3 is 0 Å². The standard InChI is InChI=1S/C19H18Br2N4O3S.C17H22Br2N4O3S/c20-14-6-7-17(21)18(8-14)29(27,28)24-15-9-16(25(11-15)12-22)10-23-19(26)13-4-2-1-3-5-13;1-17(2,3)16(24)21-8-13-7-12(9-23(13)10-20)22-27(25,26)15-6-11(18)4-5-14(15)19/h1-8,15-16,24H,9-11H2,(H,23,26);4-6,12-13,22H,7-9H2,1-3H3,(H,21,24)/t15-,16-;12-,13-/m11/s1. The van der Waals surface area contributed by atoms with Gasteiger partial charge < -0.3 is 20.4 Å². The van der Waals surface area contributed by atoms with Gasteiger partial charge in [-0.3, -0.25) is 9.59 Å². The maximum Gasteiger partial charge on any atom is 0.251 e. The van der Waals surface area contributed by atoms with Crippen LogP contribution in [0.5, 0.6) is 0 Å². The molecule has 0 bridgehead atoms. The molecule has 0 radical (unpaired) electrons. The van der Waals surface area contributed by atoms with Gasteiger partial charge in [0.15, 0.2) is 12.4 Å². The van der Waals surface area contributed by atoms with Gasteiger partial charge in [0.05, 0.1) is 21.9 Å². The summed E-state index contributed by atoms with van der Waals surface area (Å²) >= 11 is 13.1. The Hall–Kier alpha value is -3.08. The lowest BCUT2D eigenvalue weighted by Crippen LogP contribution is -2.42. The van der Waals surface area contributed by atoms with E-state index in [1.54, 1.807) is 48.5 Å². The molecule has 56 heavy (non-hydrogen) atoms. The molecule has 14 nitrogen and oxygen atoms in total. The minimum Gasteiger partial charge on any atom is -0.354 e. The third-order valence-electron chi connectivity index (χ3n) is 8.81. The first kappa shape index (κ1) is 45.6. The highest BCUT2D eigenvalue weighted by molar-refractivity contribution is 9.11. The molecule has 2 aliphatic rings. The lowest BCUT2D eigenvalue weighted by molar-refractivity contribution is -0.128. The Morgan fingerprint density at radius 1 is 0.714 bits per heavy atom. The van der Waals surface area contributed by atoms with Crippen molar-refractivity contribution < 1.29 is 26.4 Å². The van der Waals surface area contributed by atoms with Crippen LogP contribution in [0.25, 0.3) is 0 Å². The van der Waals surface area contributed by atoms with Crippen LogP contribution in [0.1, 0.15) is 44.0 Å². The monoisotopic (exact) mass is 1060 g/mol. The van der Waals surface area contributed by atoms with Crippen LogP contribution in [-0.4, -0.2) is 88.8 Å². The summed E-state index contributed by atoms with van der Waals surface area (Å²) in [5.41, 5.74) is 0.00934. The summed E-state index contributed by atoms with van der Waals surface area (Å²) in [6, 6.07) is 17.2. The highest BCUT2D eigenvalue weighted by Gasteiger charge is 2.37. The van der Waals surface area contributed by atoms with Gasteiger partial charge in [-0.2, -0.15) is 10.5 Å².